The number of benzene rings is 2. The van der Waals surface area contributed by atoms with Gasteiger partial charge in [0.15, 0.2) is 11.5 Å². The van der Waals surface area contributed by atoms with Gasteiger partial charge in [0.25, 0.3) is 0 Å². The van der Waals surface area contributed by atoms with Crippen molar-refractivity contribution in [3.63, 3.8) is 0 Å². The first kappa shape index (κ1) is 21.3. The summed E-state index contributed by atoms with van der Waals surface area (Å²) in [6.45, 7) is 3.79. The lowest BCUT2D eigenvalue weighted by Gasteiger charge is -2.34. The number of hydrogen-bond acceptors (Lipinski definition) is 5. The van der Waals surface area contributed by atoms with Crippen LogP contribution in [0.25, 0.3) is 0 Å². The molecule has 3 heterocycles. The van der Waals surface area contributed by atoms with Gasteiger partial charge in [-0.3, -0.25) is 4.79 Å². The Morgan fingerprint density at radius 1 is 1.00 bits per heavy atom. The number of para-hydroxylation sites is 1. The number of hydrogen-bond donors (Lipinski definition) is 0. The van der Waals surface area contributed by atoms with Crippen molar-refractivity contribution in [2.75, 3.05) is 31.2 Å². The van der Waals surface area contributed by atoms with E-state index in [4.69, 9.17) is 9.47 Å². The summed E-state index contributed by atoms with van der Waals surface area (Å²) < 4.78 is 39.2. The molecule has 3 aliphatic heterocycles. The van der Waals surface area contributed by atoms with Crippen LogP contribution >= 0.6 is 0 Å². The number of amides is 1. The highest BCUT2D eigenvalue weighted by atomic mass is 32.2. The minimum Gasteiger partial charge on any atom is -0.490 e. The van der Waals surface area contributed by atoms with Crippen LogP contribution in [0, 0.1) is 5.92 Å². The van der Waals surface area contributed by atoms with Crippen molar-refractivity contribution in [3.8, 4) is 11.5 Å². The number of carbonyl (C=O) groups excluding carboxylic acids is 1. The van der Waals surface area contributed by atoms with Crippen LogP contribution in [0.4, 0.5) is 5.69 Å². The first-order valence-electron chi connectivity index (χ1n) is 11.3. The Bertz CT molecular complexity index is 1120. The van der Waals surface area contributed by atoms with Crippen molar-refractivity contribution in [2.24, 2.45) is 5.92 Å². The van der Waals surface area contributed by atoms with Crippen molar-refractivity contribution in [2.45, 2.75) is 43.5 Å². The third-order valence-electron chi connectivity index (χ3n) is 6.60. The van der Waals surface area contributed by atoms with E-state index < -0.39 is 10.0 Å². The van der Waals surface area contributed by atoms with E-state index in [0.29, 0.717) is 50.6 Å². The van der Waals surface area contributed by atoms with E-state index in [9.17, 15) is 13.2 Å². The average molecular weight is 457 g/mol. The number of carbonyl (C=O) groups is 1. The number of piperidine rings is 1. The lowest BCUT2D eigenvalue weighted by atomic mass is 9.96. The first-order valence-corrected chi connectivity index (χ1v) is 12.7. The van der Waals surface area contributed by atoms with Crippen molar-refractivity contribution >= 4 is 21.6 Å². The number of anilines is 1. The molecule has 0 spiro atoms. The average Bonchev–Trinajstić information content (AvgIpc) is 2.97. The molecule has 0 bridgehead atoms. The normalized spacial score (nSPS) is 21.8. The van der Waals surface area contributed by atoms with E-state index in [2.05, 4.69) is 13.0 Å². The van der Waals surface area contributed by atoms with Gasteiger partial charge in [0.2, 0.25) is 15.9 Å². The molecular formula is C24H28N2O5S. The zero-order valence-corrected chi connectivity index (χ0v) is 19.0. The summed E-state index contributed by atoms with van der Waals surface area (Å²) in [4.78, 5) is 15.4. The second-order valence-electron chi connectivity index (χ2n) is 8.73. The Hall–Kier alpha value is -2.58. The summed E-state index contributed by atoms with van der Waals surface area (Å²) >= 11 is 0. The molecule has 3 aliphatic rings. The third kappa shape index (κ3) is 3.75. The van der Waals surface area contributed by atoms with Crippen LogP contribution < -0.4 is 14.4 Å². The molecule has 32 heavy (non-hydrogen) atoms. The maximum atomic E-state index is 13.3. The maximum Gasteiger partial charge on any atom is 0.243 e. The van der Waals surface area contributed by atoms with E-state index in [1.165, 1.54) is 9.87 Å². The summed E-state index contributed by atoms with van der Waals surface area (Å²) in [5, 5.41) is 0. The minimum atomic E-state index is -3.66. The molecule has 0 aromatic heterocycles. The lowest BCUT2D eigenvalue weighted by Crippen LogP contribution is -2.46. The van der Waals surface area contributed by atoms with Crippen molar-refractivity contribution in [3.05, 3.63) is 48.0 Å². The summed E-state index contributed by atoms with van der Waals surface area (Å²) in [7, 11) is -3.66. The van der Waals surface area contributed by atoms with Crippen LogP contribution in [0.3, 0.4) is 0 Å². The quantitative estimate of drug-likeness (QED) is 0.709. The maximum absolute atomic E-state index is 13.3. The van der Waals surface area contributed by atoms with Crippen LogP contribution in [0.1, 0.15) is 31.7 Å². The van der Waals surface area contributed by atoms with E-state index in [-0.39, 0.29) is 22.8 Å². The second-order valence-corrected chi connectivity index (χ2v) is 10.7. The van der Waals surface area contributed by atoms with Gasteiger partial charge in [0.05, 0.1) is 18.1 Å². The molecule has 2 aromatic carbocycles. The van der Waals surface area contributed by atoms with Crippen molar-refractivity contribution in [1.29, 1.82) is 0 Å². The van der Waals surface area contributed by atoms with Crippen molar-refractivity contribution in [1.82, 2.24) is 4.31 Å². The zero-order chi connectivity index (χ0) is 22.3. The van der Waals surface area contributed by atoms with Crippen LogP contribution in [-0.4, -0.2) is 51.0 Å². The highest BCUT2D eigenvalue weighted by molar-refractivity contribution is 7.89. The topological polar surface area (TPSA) is 76.2 Å². The molecule has 170 valence electrons. The lowest BCUT2D eigenvalue weighted by molar-refractivity contribution is -0.123. The molecule has 8 heteroatoms. The number of rotatable bonds is 3. The molecule has 7 nitrogen and oxygen atoms in total. The van der Waals surface area contributed by atoms with Gasteiger partial charge < -0.3 is 14.4 Å². The van der Waals surface area contributed by atoms with Crippen molar-refractivity contribution < 1.29 is 22.7 Å². The molecular weight excluding hydrogens is 428 g/mol. The highest BCUT2D eigenvalue weighted by Crippen LogP contribution is 2.36. The smallest absolute Gasteiger partial charge is 0.243 e. The van der Waals surface area contributed by atoms with E-state index in [0.717, 1.165) is 18.5 Å². The Morgan fingerprint density at radius 2 is 1.72 bits per heavy atom. The molecule has 0 aliphatic carbocycles. The third-order valence-corrected chi connectivity index (χ3v) is 8.50. The fraction of sp³-hybridized carbons (Fsp3) is 0.458. The molecule has 1 amide bonds. The van der Waals surface area contributed by atoms with E-state index in [1.54, 1.807) is 18.2 Å². The summed E-state index contributed by atoms with van der Waals surface area (Å²) in [5.41, 5.74) is 2.19. The van der Waals surface area contributed by atoms with Gasteiger partial charge in [-0.05, 0) is 49.9 Å². The largest absolute Gasteiger partial charge is 0.490 e. The predicted molar refractivity (Wildman–Crippen MR) is 121 cm³/mol. The van der Waals surface area contributed by atoms with Gasteiger partial charge in [-0.2, -0.15) is 4.31 Å². The molecule has 1 fully saturated rings. The van der Waals surface area contributed by atoms with Gasteiger partial charge in [0, 0.05) is 43.2 Å². The summed E-state index contributed by atoms with van der Waals surface area (Å²) in [6.07, 6.45) is 2.67. The Balaban J connectivity index is 1.28. The number of nitrogens with zero attached hydrogens (tertiary/aromatic N) is 2. The zero-order valence-electron chi connectivity index (χ0n) is 18.2. The van der Waals surface area contributed by atoms with Gasteiger partial charge >= 0.3 is 0 Å². The van der Waals surface area contributed by atoms with Crippen LogP contribution in [0.5, 0.6) is 11.5 Å². The molecule has 1 atom stereocenters. The standard InChI is InChI=1S/C24H28N2O5S/c1-17-15-19-5-2-3-6-21(19)26(17)24(27)18-9-11-25(12-10-18)32(28,29)20-7-8-22-23(16-20)31-14-4-13-30-22/h2-3,5-8,16-18H,4,9-15H2,1H3/t17-/m1/s1. The second kappa shape index (κ2) is 8.41. The van der Waals surface area contributed by atoms with E-state index >= 15 is 0 Å². The molecule has 0 saturated carbocycles. The monoisotopic (exact) mass is 456 g/mol. The summed E-state index contributed by atoms with van der Waals surface area (Å²) in [6, 6.07) is 13.0. The summed E-state index contributed by atoms with van der Waals surface area (Å²) in [5.74, 6) is 0.981. The molecule has 2 aromatic rings. The fourth-order valence-electron chi connectivity index (χ4n) is 4.89. The Labute approximate surface area is 189 Å². The molecule has 0 unspecified atom stereocenters. The minimum absolute atomic E-state index is 0.107. The fourth-order valence-corrected chi connectivity index (χ4v) is 6.38. The SMILES string of the molecule is C[C@@H]1Cc2ccccc2N1C(=O)C1CCN(S(=O)(=O)c2ccc3c(c2)OCCCO3)CC1. The molecule has 5 rings (SSSR count). The van der Waals surface area contributed by atoms with Crippen LogP contribution in [0.15, 0.2) is 47.4 Å². The first-order chi connectivity index (χ1) is 15.4. The van der Waals surface area contributed by atoms with E-state index in [1.807, 2.05) is 23.1 Å². The predicted octanol–water partition coefficient (Wildman–Crippen LogP) is 3.23. The van der Waals surface area contributed by atoms with Crippen LogP contribution in [-0.2, 0) is 21.2 Å². The van der Waals surface area contributed by atoms with Gasteiger partial charge in [-0.25, -0.2) is 8.42 Å². The Kier molecular flexibility index (Phi) is 5.59. The number of ether oxygens (including phenoxy) is 2. The number of fused-ring (bicyclic) bond motifs is 2. The van der Waals surface area contributed by atoms with Gasteiger partial charge in [0.1, 0.15) is 0 Å². The van der Waals surface area contributed by atoms with Gasteiger partial charge in [-0.1, -0.05) is 18.2 Å². The van der Waals surface area contributed by atoms with Gasteiger partial charge in [-0.15, -0.1) is 0 Å². The number of sulfonamides is 1. The molecule has 1 saturated heterocycles. The molecule has 0 radical (unpaired) electrons. The Morgan fingerprint density at radius 3 is 2.50 bits per heavy atom. The van der Waals surface area contributed by atoms with Crippen LogP contribution in [0.2, 0.25) is 0 Å². The molecule has 0 N–H and O–H groups in total. The highest BCUT2D eigenvalue weighted by Gasteiger charge is 2.38.